The van der Waals surface area contributed by atoms with Gasteiger partial charge in [0.1, 0.15) is 5.82 Å². The van der Waals surface area contributed by atoms with Gasteiger partial charge in [-0.25, -0.2) is 4.39 Å². The first-order valence-corrected chi connectivity index (χ1v) is 6.28. The molecule has 1 rings (SSSR count). The average Bonchev–Trinajstić information content (AvgIpc) is 2.25. The van der Waals surface area contributed by atoms with E-state index in [1.54, 1.807) is 24.8 Å². The standard InChI is InChI=1S/C12H18FNOS/c1-8(15)9(2)16-12(7-14)10-4-3-5-11(13)6-10/h3-6,8-9,12,15H,7,14H2,1-2H3. The van der Waals surface area contributed by atoms with Crippen LogP contribution in [0.15, 0.2) is 24.3 Å². The molecule has 0 radical (unpaired) electrons. The summed E-state index contributed by atoms with van der Waals surface area (Å²) in [4.78, 5) is 0. The van der Waals surface area contributed by atoms with Crippen LogP contribution in [0, 0.1) is 5.82 Å². The summed E-state index contributed by atoms with van der Waals surface area (Å²) in [7, 11) is 0. The normalized spacial score (nSPS) is 16.8. The second-order valence-electron chi connectivity index (χ2n) is 3.86. The molecule has 0 bridgehead atoms. The van der Waals surface area contributed by atoms with Crippen LogP contribution in [0.1, 0.15) is 24.7 Å². The molecule has 0 aromatic heterocycles. The highest BCUT2D eigenvalue weighted by molar-refractivity contribution is 8.00. The lowest BCUT2D eigenvalue weighted by molar-refractivity contribution is 0.196. The Labute approximate surface area is 100 Å². The minimum Gasteiger partial charge on any atom is -0.392 e. The summed E-state index contributed by atoms with van der Waals surface area (Å²) in [5, 5.41) is 9.54. The number of hydrogen-bond donors (Lipinski definition) is 2. The lowest BCUT2D eigenvalue weighted by Crippen LogP contribution is -2.20. The summed E-state index contributed by atoms with van der Waals surface area (Å²) in [6.45, 7) is 4.12. The van der Waals surface area contributed by atoms with Crippen molar-refractivity contribution < 1.29 is 9.50 Å². The van der Waals surface area contributed by atoms with Gasteiger partial charge in [-0.1, -0.05) is 19.1 Å². The van der Waals surface area contributed by atoms with Gasteiger partial charge in [-0.15, -0.1) is 11.8 Å². The highest BCUT2D eigenvalue weighted by atomic mass is 32.2. The fourth-order valence-electron chi connectivity index (χ4n) is 1.35. The van der Waals surface area contributed by atoms with Gasteiger partial charge in [0.15, 0.2) is 0 Å². The summed E-state index contributed by atoms with van der Waals surface area (Å²) in [5.41, 5.74) is 6.55. The first-order chi connectivity index (χ1) is 7.54. The third-order valence-electron chi connectivity index (χ3n) is 2.49. The average molecular weight is 243 g/mol. The lowest BCUT2D eigenvalue weighted by Gasteiger charge is -2.21. The van der Waals surface area contributed by atoms with E-state index in [0.29, 0.717) is 6.54 Å². The van der Waals surface area contributed by atoms with Crippen LogP contribution in [0.2, 0.25) is 0 Å². The number of halogens is 1. The van der Waals surface area contributed by atoms with E-state index >= 15 is 0 Å². The molecule has 0 fully saturated rings. The molecule has 0 saturated heterocycles. The zero-order valence-electron chi connectivity index (χ0n) is 9.56. The van der Waals surface area contributed by atoms with Crippen molar-refractivity contribution in [2.24, 2.45) is 5.73 Å². The van der Waals surface area contributed by atoms with E-state index in [2.05, 4.69) is 0 Å². The molecule has 0 aliphatic carbocycles. The van der Waals surface area contributed by atoms with Gasteiger partial charge in [0, 0.05) is 17.0 Å². The number of nitrogens with two attached hydrogens (primary N) is 1. The maximum Gasteiger partial charge on any atom is 0.123 e. The van der Waals surface area contributed by atoms with Crippen LogP contribution in [0.4, 0.5) is 4.39 Å². The van der Waals surface area contributed by atoms with Crippen LogP contribution >= 0.6 is 11.8 Å². The number of rotatable bonds is 5. The van der Waals surface area contributed by atoms with Crippen molar-refractivity contribution >= 4 is 11.8 Å². The van der Waals surface area contributed by atoms with Crippen LogP contribution in [-0.2, 0) is 0 Å². The third kappa shape index (κ3) is 3.77. The Bertz CT molecular complexity index is 333. The van der Waals surface area contributed by atoms with Crippen molar-refractivity contribution in [1.82, 2.24) is 0 Å². The van der Waals surface area contributed by atoms with E-state index in [1.807, 2.05) is 13.0 Å². The molecule has 4 heteroatoms. The van der Waals surface area contributed by atoms with Crippen molar-refractivity contribution in [3.63, 3.8) is 0 Å². The van der Waals surface area contributed by atoms with Crippen LogP contribution in [0.5, 0.6) is 0 Å². The van der Waals surface area contributed by atoms with E-state index in [9.17, 15) is 9.50 Å². The monoisotopic (exact) mass is 243 g/mol. The van der Waals surface area contributed by atoms with Gasteiger partial charge < -0.3 is 10.8 Å². The first-order valence-electron chi connectivity index (χ1n) is 5.33. The van der Waals surface area contributed by atoms with Gasteiger partial charge in [0.05, 0.1) is 6.10 Å². The van der Waals surface area contributed by atoms with Gasteiger partial charge in [0.25, 0.3) is 0 Å². The predicted molar refractivity (Wildman–Crippen MR) is 66.9 cm³/mol. The molecule has 2 nitrogen and oxygen atoms in total. The van der Waals surface area contributed by atoms with Crippen LogP contribution in [0.3, 0.4) is 0 Å². The van der Waals surface area contributed by atoms with Gasteiger partial charge in [0.2, 0.25) is 0 Å². The van der Waals surface area contributed by atoms with E-state index < -0.39 is 6.10 Å². The molecule has 1 aromatic rings. The van der Waals surface area contributed by atoms with E-state index in [4.69, 9.17) is 5.73 Å². The summed E-state index contributed by atoms with van der Waals surface area (Å²) in [5.74, 6) is -0.249. The summed E-state index contributed by atoms with van der Waals surface area (Å²) in [6, 6.07) is 6.46. The Morgan fingerprint density at radius 1 is 1.44 bits per heavy atom. The maximum absolute atomic E-state index is 13.1. The van der Waals surface area contributed by atoms with Gasteiger partial charge in [-0.05, 0) is 24.6 Å². The molecular formula is C12H18FNOS. The molecule has 0 amide bonds. The fraction of sp³-hybridized carbons (Fsp3) is 0.500. The Balaban J connectivity index is 2.74. The highest BCUT2D eigenvalue weighted by Gasteiger charge is 2.17. The zero-order chi connectivity index (χ0) is 12.1. The van der Waals surface area contributed by atoms with Crippen molar-refractivity contribution in [3.05, 3.63) is 35.6 Å². The van der Waals surface area contributed by atoms with Crippen molar-refractivity contribution in [2.75, 3.05) is 6.54 Å². The summed E-state index contributed by atoms with van der Waals surface area (Å²) in [6.07, 6.45) is -0.396. The minimum atomic E-state index is -0.396. The van der Waals surface area contributed by atoms with E-state index in [1.165, 1.54) is 12.1 Å². The number of aliphatic hydroxyl groups excluding tert-OH is 1. The van der Waals surface area contributed by atoms with Crippen LogP contribution in [0.25, 0.3) is 0 Å². The van der Waals surface area contributed by atoms with Crippen LogP contribution < -0.4 is 5.73 Å². The zero-order valence-corrected chi connectivity index (χ0v) is 10.4. The molecule has 90 valence electrons. The number of aliphatic hydroxyl groups is 1. The van der Waals surface area contributed by atoms with Gasteiger partial charge in [-0.3, -0.25) is 0 Å². The SMILES string of the molecule is CC(O)C(C)SC(CN)c1cccc(F)c1. The van der Waals surface area contributed by atoms with E-state index in [-0.39, 0.29) is 16.3 Å². The molecule has 1 aromatic carbocycles. The smallest absolute Gasteiger partial charge is 0.123 e. The molecule has 0 heterocycles. The Morgan fingerprint density at radius 2 is 2.12 bits per heavy atom. The third-order valence-corrected chi connectivity index (χ3v) is 4.11. The Morgan fingerprint density at radius 3 is 2.62 bits per heavy atom. The molecule has 0 aliphatic rings. The van der Waals surface area contributed by atoms with Crippen LogP contribution in [-0.4, -0.2) is 23.0 Å². The predicted octanol–water partition coefficient (Wildman–Crippen LogP) is 2.33. The van der Waals surface area contributed by atoms with Crippen molar-refractivity contribution in [1.29, 1.82) is 0 Å². The largest absolute Gasteiger partial charge is 0.392 e. The number of hydrogen-bond acceptors (Lipinski definition) is 3. The summed E-state index contributed by atoms with van der Waals surface area (Å²) >= 11 is 1.57. The first kappa shape index (κ1) is 13.5. The lowest BCUT2D eigenvalue weighted by atomic mass is 10.1. The molecule has 0 aliphatic heterocycles. The molecule has 16 heavy (non-hydrogen) atoms. The summed E-state index contributed by atoms with van der Waals surface area (Å²) < 4.78 is 13.1. The van der Waals surface area contributed by atoms with E-state index in [0.717, 1.165) is 5.56 Å². The topological polar surface area (TPSA) is 46.2 Å². The molecule has 0 saturated carbocycles. The molecule has 3 atom stereocenters. The van der Waals surface area contributed by atoms with Gasteiger partial charge >= 0.3 is 0 Å². The highest BCUT2D eigenvalue weighted by Crippen LogP contribution is 2.32. The fourth-order valence-corrected chi connectivity index (χ4v) is 2.51. The molecule has 3 unspecified atom stereocenters. The number of benzene rings is 1. The van der Waals surface area contributed by atoms with Gasteiger partial charge in [-0.2, -0.15) is 0 Å². The second-order valence-corrected chi connectivity index (χ2v) is 5.45. The quantitative estimate of drug-likeness (QED) is 0.834. The molecular weight excluding hydrogens is 225 g/mol. The Kier molecular flexibility index (Phi) is 5.25. The minimum absolute atomic E-state index is 0.0281. The maximum atomic E-state index is 13.1. The molecule has 0 spiro atoms. The van der Waals surface area contributed by atoms with Crippen molar-refractivity contribution in [3.8, 4) is 0 Å². The second kappa shape index (κ2) is 6.23. The Hall–Kier alpha value is -0.580. The van der Waals surface area contributed by atoms with Crippen molar-refractivity contribution in [2.45, 2.75) is 30.5 Å². The molecule has 3 N–H and O–H groups in total. The number of thioether (sulfide) groups is 1.